The molecule has 6 rings (SSSR count). The van der Waals surface area contributed by atoms with Crippen molar-refractivity contribution < 1.29 is 14.3 Å². The summed E-state index contributed by atoms with van der Waals surface area (Å²) in [5.74, 6) is 0.477. The fourth-order valence-corrected chi connectivity index (χ4v) is 5.53. The lowest BCUT2D eigenvalue weighted by atomic mass is 9.83. The van der Waals surface area contributed by atoms with Crippen molar-refractivity contribution in [3.63, 3.8) is 0 Å². The second-order valence-corrected chi connectivity index (χ2v) is 10.0. The normalized spacial score (nSPS) is 12.0. The van der Waals surface area contributed by atoms with E-state index in [0.29, 0.717) is 34.5 Å². The fraction of sp³-hybridized carbons (Fsp3) is 0.0303. The molecule has 0 radical (unpaired) electrons. The molecule has 0 atom stereocenters. The maximum Gasteiger partial charge on any atom is 0.196 e. The Labute approximate surface area is 225 Å². The van der Waals surface area contributed by atoms with E-state index in [1.54, 1.807) is 12.1 Å². The van der Waals surface area contributed by atoms with Crippen LogP contribution in [0.3, 0.4) is 0 Å². The molecule has 0 aromatic heterocycles. The molecule has 5 aromatic rings. The molecule has 0 spiro atoms. The van der Waals surface area contributed by atoms with E-state index in [4.69, 9.17) is 4.74 Å². The molecule has 5 aromatic carbocycles. The zero-order valence-electron chi connectivity index (χ0n) is 20.4. The van der Waals surface area contributed by atoms with E-state index in [1.165, 1.54) is 11.8 Å². The Morgan fingerprint density at radius 2 is 1.24 bits per heavy atom. The number of ether oxygens (including phenoxy) is 1. The van der Waals surface area contributed by atoms with Crippen molar-refractivity contribution in [2.24, 2.45) is 0 Å². The van der Waals surface area contributed by atoms with Gasteiger partial charge in [-0.25, -0.2) is 0 Å². The molecule has 5 heteroatoms. The highest BCUT2D eigenvalue weighted by Gasteiger charge is 2.33. The highest BCUT2D eigenvalue weighted by atomic mass is 32.2. The largest absolute Gasteiger partial charge is 0.489 e. The van der Waals surface area contributed by atoms with Crippen LogP contribution in [-0.4, -0.2) is 11.6 Å². The zero-order valence-corrected chi connectivity index (χ0v) is 21.2. The number of rotatable bonds is 7. The molecular formula is C33H23NO3S. The Balaban J connectivity index is 1.26. The lowest BCUT2D eigenvalue weighted by molar-refractivity contribution is 0.0977. The summed E-state index contributed by atoms with van der Waals surface area (Å²) >= 11 is 1.47. The predicted octanol–water partition coefficient (Wildman–Crippen LogP) is 7.94. The first kappa shape index (κ1) is 23.8. The lowest BCUT2D eigenvalue weighted by Gasteiger charge is -2.22. The molecule has 1 N–H and O–H groups in total. The summed E-state index contributed by atoms with van der Waals surface area (Å²) in [5, 5.41) is 3.30. The van der Waals surface area contributed by atoms with E-state index < -0.39 is 0 Å². The molecule has 0 amide bonds. The Bertz CT molecular complexity index is 1630. The summed E-state index contributed by atoms with van der Waals surface area (Å²) in [6.07, 6.45) is 0. The molecule has 4 nitrogen and oxygen atoms in total. The van der Waals surface area contributed by atoms with Gasteiger partial charge in [-0.05, 0) is 54.1 Å². The number of para-hydroxylation sites is 1. The number of ketones is 2. The standard InChI is InChI=1S/C33H23NO3S/c35-32-27-14-8-16-29(38-25-19-17-24(18-20-25)37-21-22-9-3-1-4-10-22)31(27)33(36)26-13-7-15-28(30(26)32)34-23-11-5-2-6-12-23/h1-20,34H,21H2. The molecule has 1 aliphatic carbocycles. The third-order valence-electron chi connectivity index (χ3n) is 6.39. The van der Waals surface area contributed by atoms with Gasteiger partial charge in [0.2, 0.25) is 0 Å². The minimum absolute atomic E-state index is 0.141. The predicted molar refractivity (Wildman–Crippen MR) is 151 cm³/mol. The number of fused-ring (bicyclic) bond motifs is 2. The third-order valence-corrected chi connectivity index (χ3v) is 7.45. The number of benzene rings is 5. The second-order valence-electron chi connectivity index (χ2n) is 8.90. The number of nitrogens with one attached hydrogen (secondary N) is 1. The molecule has 0 saturated carbocycles. The summed E-state index contributed by atoms with van der Waals surface area (Å²) < 4.78 is 5.90. The van der Waals surface area contributed by atoms with Crippen LogP contribution in [0.1, 0.15) is 37.4 Å². The van der Waals surface area contributed by atoms with Gasteiger partial charge in [0.15, 0.2) is 11.6 Å². The third kappa shape index (κ3) is 4.72. The topological polar surface area (TPSA) is 55.4 Å². The van der Waals surface area contributed by atoms with Crippen molar-refractivity contribution in [3.05, 3.63) is 149 Å². The fourth-order valence-electron chi connectivity index (χ4n) is 4.55. The maximum absolute atomic E-state index is 13.7. The monoisotopic (exact) mass is 513 g/mol. The van der Waals surface area contributed by atoms with Crippen LogP contribution in [0.5, 0.6) is 5.75 Å². The number of hydrogen-bond acceptors (Lipinski definition) is 5. The second kappa shape index (κ2) is 10.4. The van der Waals surface area contributed by atoms with E-state index in [2.05, 4.69) is 5.32 Å². The van der Waals surface area contributed by atoms with Crippen LogP contribution in [0.2, 0.25) is 0 Å². The Morgan fingerprint density at radius 3 is 1.97 bits per heavy atom. The minimum Gasteiger partial charge on any atom is -0.489 e. The van der Waals surface area contributed by atoms with Gasteiger partial charge < -0.3 is 10.1 Å². The molecule has 184 valence electrons. The van der Waals surface area contributed by atoms with Gasteiger partial charge in [-0.3, -0.25) is 9.59 Å². The first-order valence-corrected chi connectivity index (χ1v) is 13.1. The van der Waals surface area contributed by atoms with Gasteiger partial charge in [-0.1, -0.05) is 84.6 Å². The van der Waals surface area contributed by atoms with Gasteiger partial charge in [0.25, 0.3) is 0 Å². The van der Waals surface area contributed by atoms with Gasteiger partial charge >= 0.3 is 0 Å². The summed E-state index contributed by atoms with van der Waals surface area (Å²) in [4.78, 5) is 29.1. The molecule has 0 fully saturated rings. The number of hydrogen-bond donors (Lipinski definition) is 1. The van der Waals surface area contributed by atoms with Crippen molar-refractivity contribution in [2.75, 3.05) is 5.32 Å². The van der Waals surface area contributed by atoms with E-state index in [1.807, 2.05) is 109 Å². The lowest BCUT2D eigenvalue weighted by Crippen LogP contribution is -2.23. The molecule has 0 saturated heterocycles. The van der Waals surface area contributed by atoms with Crippen molar-refractivity contribution in [2.45, 2.75) is 16.4 Å². The molecule has 0 heterocycles. The van der Waals surface area contributed by atoms with E-state index in [0.717, 1.165) is 26.8 Å². The Morgan fingerprint density at radius 1 is 0.605 bits per heavy atom. The average Bonchev–Trinajstić information content (AvgIpc) is 2.96. The molecule has 0 unspecified atom stereocenters. The molecule has 0 aliphatic heterocycles. The van der Waals surface area contributed by atoms with E-state index in [-0.39, 0.29) is 11.6 Å². The van der Waals surface area contributed by atoms with Crippen molar-refractivity contribution in [3.8, 4) is 5.75 Å². The van der Waals surface area contributed by atoms with Crippen LogP contribution < -0.4 is 10.1 Å². The quantitative estimate of drug-likeness (QED) is 0.235. The average molecular weight is 514 g/mol. The zero-order chi connectivity index (χ0) is 25.9. The summed E-state index contributed by atoms with van der Waals surface area (Å²) in [7, 11) is 0. The summed E-state index contributed by atoms with van der Waals surface area (Å²) in [5.41, 5.74) is 4.30. The molecular weight excluding hydrogens is 490 g/mol. The van der Waals surface area contributed by atoms with Gasteiger partial charge in [0.1, 0.15) is 12.4 Å². The van der Waals surface area contributed by atoms with Crippen LogP contribution >= 0.6 is 11.8 Å². The minimum atomic E-state index is -0.152. The van der Waals surface area contributed by atoms with Crippen molar-refractivity contribution in [1.29, 1.82) is 0 Å². The van der Waals surface area contributed by atoms with Crippen LogP contribution in [-0.2, 0) is 6.61 Å². The molecule has 1 aliphatic rings. The van der Waals surface area contributed by atoms with Gasteiger partial charge in [-0.2, -0.15) is 0 Å². The number of anilines is 2. The van der Waals surface area contributed by atoms with Gasteiger partial charge in [-0.15, -0.1) is 0 Å². The smallest absolute Gasteiger partial charge is 0.196 e. The maximum atomic E-state index is 13.7. The summed E-state index contributed by atoms with van der Waals surface area (Å²) in [6, 6.07) is 38.3. The van der Waals surface area contributed by atoms with Crippen LogP contribution in [0.25, 0.3) is 0 Å². The van der Waals surface area contributed by atoms with Crippen LogP contribution in [0.4, 0.5) is 11.4 Å². The van der Waals surface area contributed by atoms with Crippen LogP contribution in [0.15, 0.2) is 131 Å². The molecule has 38 heavy (non-hydrogen) atoms. The SMILES string of the molecule is O=C1c2cccc(Sc3ccc(OCc4ccccc4)cc3)c2C(=O)c2cccc(Nc3ccccc3)c21. The first-order valence-electron chi connectivity index (χ1n) is 12.3. The summed E-state index contributed by atoms with van der Waals surface area (Å²) in [6.45, 7) is 0.497. The van der Waals surface area contributed by atoms with Gasteiger partial charge in [0.05, 0.1) is 11.3 Å². The Kier molecular flexibility index (Phi) is 6.51. The van der Waals surface area contributed by atoms with E-state index >= 15 is 0 Å². The number of carbonyl (C=O) groups is 2. The highest BCUT2D eigenvalue weighted by molar-refractivity contribution is 7.99. The highest BCUT2D eigenvalue weighted by Crippen LogP contribution is 2.39. The first-order chi connectivity index (χ1) is 18.7. The molecule has 0 bridgehead atoms. The van der Waals surface area contributed by atoms with Crippen LogP contribution in [0, 0.1) is 0 Å². The van der Waals surface area contributed by atoms with Crippen molar-refractivity contribution >= 4 is 34.7 Å². The number of carbonyl (C=O) groups excluding carboxylic acids is 2. The Hall–Kier alpha value is -4.61. The van der Waals surface area contributed by atoms with Crippen molar-refractivity contribution in [1.82, 2.24) is 0 Å². The van der Waals surface area contributed by atoms with Gasteiger partial charge in [0, 0.05) is 32.2 Å². The van der Waals surface area contributed by atoms with E-state index in [9.17, 15) is 9.59 Å².